The van der Waals surface area contributed by atoms with Crippen molar-refractivity contribution < 1.29 is 15.0 Å². The molecule has 2 aromatic rings. The van der Waals surface area contributed by atoms with Crippen LogP contribution in [0.4, 0.5) is 0 Å². The number of aromatic hydroxyl groups is 2. The number of nitrogens with one attached hydrogen (secondary N) is 1. The lowest BCUT2D eigenvalue weighted by Crippen LogP contribution is -2.37. The summed E-state index contributed by atoms with van der Waals surface area (Å²) in [6.45, 7) is 0. The molecular formula is C16H16ClNO3. The molecule has 4 nitrogen and oxygen atoms in total. The van der Waals surface area contributed by atoms with Gasteiger partial charge in [0.15, 0.2) is 0 Å². The molecule has 0 aromatic heterocycles. The van der Waals surface area contributed by atoms with Gasteiger partial charge in [0, 0.05) is 23.6 Å². The van der Waals surface area contributed by atoms with Crippen molar-refractivity contribution in [2.75, 3.05) is 5.88 Å². The lowest BCUT2D eigenvalue weighted by atomic mass is 10.1. The molecule has 2 aromatic carbocycles. The van der Waals surface area contributed by atoms with Crippen molar-refractivity contribution >= 4 is 17.5 Å². The number of carbonyl (C=O) groups excluding carboxylic acids is 1. The zero-order valence-corrected chi connectivity index (χ0v) is 12.0. The monoisotopic (exact) mass is 305 g/mol. The normalized spacial score (nSPS) is 11.9. The third-order valence-electron chi connectivity index (χ3n) is 3.01. The van der Waals surface area contributed by atoms with E-state index in [1.165, 1.54) is 18.2 Å². The van der Waals surface area contributed by atoms with Crippen LogP contribution in [-0.2, 0) is 6.42 Å². The van der Waals surface area contributed by atoms with Crippen molar-refractivity contribution in [1.82, 2.24) is 5.32 Å². The summed E-state index contributed by atoms with van der Waals surface area (Å²) in [5.74, 6) is -0.440. The van der Waals surface area contributed by atoms with E-state index in [0.29, 0.717) is 6.42 Å². The Labute approximate surface area is 128 Å². The van der Waals surface area contributed by atoms with Gasteiger partial charge in [0.25, 0.3) is 5.91 Å². The molecule has 0 saturated carbocycles. The smallest absolute Gasteiger partial charge is 0.251 e. The Bertz CT molecular complexity index is 596. The van der Waals surface area contributed by atoms with Crippen LogP contribution in [0.3, 0.4) is 0 Å². The molecule has 2 rings (SSSR count). The van der Waals surface area contributed by atoms with Gasteiger partial charge in [-0.3, -0.25) is 4.79 Å². The molecule has 1 atom stereocenters. The van der Waals surface area contributed by atoms with Crippen molar-refractivity contribution in [1.29, 1.82) is 0 Å². The van der Waals surface area contributed by atoms with Crippen LogP contribution >= 0.6 is 11.6 Å². The van der Waals surface area contributed by atoms with E-state index >= 15 is 0 Å². The Morgan fingerprint density at radius 2 is 1.71 bits per heavy atom. The van der Waals surface area contributed by atoms with Crippen LogP contribution in [0.1, 0.15) is 15.9 Å². The first-order valence-electron chi connectivity index (χ1n) is 6.52. The highest BCUT2D eigenvalue weighted by Crippen LogP contribution is 2.20. The van der Waals surface area contributed by atoms with Crippen molar-refractivity contribution in [3.8, 4) is 11.5 Å². The average molecular weight is 306 g/mol. The van der Waals surface area contributed by atoms with Crippen LogP contribution in [0.2, 0.25) is 0 Å². The van der Waals surface area contributed by atoms with Gasteiger partial charge < -0.3 is 15.5 Å². The van der Waals surface area contributed by atoms with Crippen LogP contribution < -0.4 is 5.32 Å². The summed E-state index contributed by atoms with van der Waals surface area (Å²) in [5.41, 5.74) is 1.26. The van der Waals surface area contributed by atoms with Crippen molar-refractivity contribution in [3.05, 3.63) is 59.7 Å². The maximum absolute atomic E-state index is 12.1. The highest BCUT2D eigenvalue weighted by Gasteiger charge is 2.14. The predicted octanol–water partition coefficient (Wildman–Crippen LogP) is 2.68. The third-order valence-corrected chi connectivity index (χ3v) is 3.38. The van der Waals surface area contributed by atoms with Crippen LogP contribution in [0.25, 0.3) is 0 Å². The fourth-order valence-electron chi connectivity index (χ4n) is 2.04. The molecule has 0 aliphatic carbocycles. The first kappa shape index (κ1) is 15.2. The number of alkyl halides is 1. The molecule has 0 saturated heterocycles. The van der Waals surface area contributed by atoms with E-state index in [0.717, 1.165) is 5.56 Å². The van der Waals surface area contributed by atoms with Crippen molar-refractivity contribution in [2.24, 2.45) is 0 Å². The van der Waals surface area contributed by atoms with Crippen LogP contribution in [0.15, 0.2) is 48.5 Å². The van der Waals surface area contributed by atoms with Gasteiger partial charge in [-0.1, -0.05) is 30.3 Å². The largest absolute Gasteiger partial charge is 0.508 e. The molecule has 21 heavy (non-hydrogen) atoms. The zero-order valence-electron chi connectivity index (χ0n) is 11.3. The molecule has 3 N–H and O–H groups in total. The molecule has 1 unspecified atom stereocenters. The summed E-state index contributed by atoms with van der Waals surface area (Å²) in [7, 11) is 0. The molecule has 0 aliphatic heterocycles. The Hall–Kier alpha value is -2.20. The first-order chi connectivity index (χ1) is 10.1. The summed E-state index contributed by atoms with van der Waals surface area (Å²) >= 11 is 5.90. The van der Waals surface area contributed by atoms with Gasteiger partial charge in [0.05, 0.1) is 0 Å². The van der Waals surface area contributed by atoms with Crippen molar-refractivity contribution in [2.45, 2.75) is 12.5 Å². The van der Waals surface area contributed by atoms with Gasteiger partial charge in [-0.25, -0.2) is 0 Å². The number of halogens is 1. The van der Waals surface area contributed by atoms with Crippen molar-refractivity contribution in [3.63, 3.8) is 0 Å². The highest BCUT2D eigenvalue weighted by atomic mass is 35.5. The van der Waals surface area contributed by atoms with E-state index in [1.54, 1.807) is 0 Å². The molecule has 0 spiro atoms. The van der Waals surface area contributed by atoms with Gasteiger partial charge in [-0.2, -0.15) is 0 Å². The lowest BCUT2D eigenvalue weighted by molar-refractivity contribution is 0.0939. The van der Waals surface area contributed by atoms with E-state index in [2.05, 4.69) is 5.32 Å². The minimum Gasteiger partial charge on any atom is -0.508 e. The SMILES string of the molecule is O=C(NC(CCl)Cc1ccccc1)c1cc(O)cc(O)c1. The molecule has 0 bridgehead atoms. The Balaban J connectivity index is 2.05. The highest BCUT2D eigenvalue weighted by molar-refractivity contribution is 6.18. The van der Waals surface area contributed by atoms with Gasteiger partial charge in [0.2, 0.25) is 0 Å². The van der Waals surface area contributed by atoms with Gasteiger partial charge in [0.1, 0.15) is 11.5 Å². The van der Waals surface area contributed by atoms with E-state index in [9.17, 15) is 15.0 Å². The number of carbonyl (C=O) groups is 1. The summed E-state index contributed by atoms with van der Waals surface area (Å²) in [6.07, 6.45) is 0.612. The average Bonchev–Trinajstić information content (AvgIpc) is 2.46. The second-order valence-electron chi connectivity index (χ2n) is 4.75. The summed E-state index contributed by atoms with van der Waals surface area (Å²) in [4.78, 5) is 12.1. The minimum absolute atomic E-state index is 0.161. The second kappa shape index (κ2) is 6.99. The fourth-order valence-corrected chi connectivity index (χ4v) is 2.22. The maximum atomic E-state index is 12.1. The number of phenols is 2. The fraction of sp³-hybridized carbons (Fsp3) is 0.188. The van der Waals surface area contributed by atoms with Gasteiger partial charge in [-0.15, -0.1) is 11.6 Å². The summed E-state index contributed by atoms with van der Waals surface area (Å²) in [6, 6.07) is 13.2. The quantitative estimate of drug-likeness (QED) is 0.744. The van der Waals surface area contributed by atoms with Crippen LogP contribution in [0.5, 0.6) is 11.5 Å². The Morgan fingerprint density at radius 3 is 2.29 bits per heavy atom. The number of amides is 1. The minimum atomic E-state index is -0.386. The van der Waals surface area contributed by atoms with E-state index in [4.69, 9.17) is 11.6 Å². The molecule has 0 radical (unpaired) electrons. The van der Waals surface area contributed by atoms with Gasteiger partial charge in [-0.05, 0) is 24.1 Å². The molecule has 110 valence electrons. The molecule has 0 fully saturated rings. The lowest BCUT2D eigenvalue weighted by Gasteiger charge is -2.16. The Morgan fingerprint density at radius 1 is 1.10 bits per heavy atom. The molecule has 1 amide bonds. The van der Waals surface area contributed by atoms with E-state index in [-0.39, 0.29) is 34.9 Å². The third kappa shape index (κ3) is 4.39. The first-order valence-corrected chi connectivity index (χ1v) is 7.05. The number of hydrogen-bond acceptors (Lipinski definition) is 3. The topological polar surface area (TPSA) is 69.6 Å². The molecular weight excluding hydrogens is 290 g/mol. The number of phenolic OH excluding ortho intramolecular Hbond substituents is 2. The summed E-state index contributed by atoms with van der Waals surface area (Å²) in [5, 5.41) is 21.6. The maximum Gasteiger partial charge on any atom is 0.251 e. The standard InChI is InChI=1S/C16H16ClNO3/c17-10-13(6-11-4-2-1-3-5-11)18-16(21)12-7-14(19)9-15(20)8-12/h1-5,7-9,13,19-20H,6,10H2,(H,18,21). The predicted molar refractivity (Wildman–Crippen MR) is 81.9 cm³/mol. The molecule has 0 heterocycles. The number of rotatable bonds is 5. The second-order valence-corrected chi connectivity index (χ2v) is 5.06. The van der Waals surface area contributed by atoms with Crippen LogP contribution in [-0.4, -0.2) is 28.0 Å². The van der Waals surface area contributed by atoms with Crippen LogP contribution in [0, 0.1) is 0 Å². The summed E-state index contributed by atoms with van der Waals surface area (Å²) < 4.78 is 0. The number of hydrogen-bond donors (Lipinski definition) is 3. The molecule has 0 aliphatic rings. The number of benzene rings is 2. The van der Waals surface area contributed by atoms with Gasteiger partial charge >= 0.3 is 0 Å². The van der Waals surface area contributed by atoms with E-state index in [1.807, 2.05) is 30.3 Å². The zero-order chi connectivity index (χ0) is 15.2. The molecule has 5 heteroatoms. The Kier molecular flexibility index (Phi) is 5.06. The van der Waals surface area contributed by atoms with E-state index < -0.39 is 0 Å².